The van der Waals surface area contributed by atoms with Gasteiger partial charge in [0.05, 0.1) is 6.54 Å². The summed E-state index contributed by atoms with van der Waals surface area (Å²) < 4.78 is 4.00. The molecule has 0 amide bonds. The van der Waals surface area contributed by atoms with Gasteiger partial charge in [-0.3, -0.25) is 0 Å². The molecule has 0 atom stereocenters. The minimum atomic E-state index is 0.636. The number of rotatable bonds is 3. The second-order valence-corrected chi connectivity index (χ2v) is 6.31. The van der Waals surface area contributed by atoms with Crippen LogP contribution in [-0.2, 0) is 19.5 Å². The van der Waals surface area contributed by atoms with Gasteiger partial charge in [0.15, 0.2) is 11.6 Å². The van der Waals surface area contributed by atoms with Crippen molar-refractivity contribution in [3.63, 3.8) is 0 Å². The van der Waals surface area contributed by atoms with Crippen LogP contribution in [0.2, 0.25) is 0 Å². The summed E-state index contributed by atoms with van der Waals surface area (Å²) in [5.74, 6) is 3.52. The first-order valence-corrected chi connectivity index (χ1v) is 8.75. The quantitative estimate of drug-likeness (QED) is 0.564. The second-order valence-electron chi connectivity index (χ2n) is 6.31. The Morgan fingerprint density at radius 2 is 1.96 bits per heavy atom. The Morgan fingerprint density at radius 3 is 2.81 bits per heavy atom. The lowest BCUT2D eigenvalue weighted by Gasteiger charge is -2.29. The summed E-state index contributed by atoms with van der Waals surface area (Å²) in [7, 11) is 0. The highest BCUT2D eigenvalue weighted by molar-refractivity contribution is 5.56. The normalized spacial score (nSPS) is 14.0. The average molecular weight is 346 g/mol. The molecule has 0 bridgehead atoms. The number of fused-ring (bicyclic) bond motifs is 2. The number of hydrogen-bond donors (Lipinski definition) is 0. The number of aromatic nitrogens is 7. The van der Waals surface area contributed by atoms with E-state index < -0.39 is 0 Å². The van der Waals surface area contributed by atoms with Crippen LogP contribution in [0.4, 0.5) is 5.82 Å². The van der Waals surface area contributed by atoms with Crippen molar-refractivity contribution in [3.05, 3.63) is 54.2 Å². The molecule has 4 aromatic rings. The molecule has 8 nitrogen and oxygen atoms in total. The van der Waals surface area contributed by atoms with Crippen molar-refractivity contribution in [1.82, 2.24) is 34.3 Å². The van der Waals surface area contributed by atoms with E-state index in [1.165, 1.54) is 0 Å². The lowest BCUT2D eigenvalue weighted by Crippen LogP contribution is -2.35. The lowest BCUT2D eigenvalue weighted by molar-refractivity contribution is 0.555. The molecular formula is C18H18N8. The van der Waals surface area contributed by atoms with Gasteiger partial charge in [-0.05, 0) is 6.42 Å². The number of anilines is 1. The van der Waals surface area contributed by atoms with Crippen LogP contribution < -0.4 is 4.90 Å². The second kappa shape index (κ2) is 5.91. The fourth-order valence-electron chi connectivity index (χ4n) is 3.40. The highest BCUT2D eigenvalue weighted by Crippen LogP contribution is 2.25. The van der Waals surface area contributed by atoms with Gasteiger partial charge in [0.1, 0.15) is 12.1 Å². The SMILES string of the molecule is CCc1cc(N2CCn3c(nnc3-c3ccccc3)C2)n2ncnc2n1. The van der Waals surface area contributed by atoms with Crippen molar-refractivity contribution >= 4 is 11.6 Å². The fourth-order valence-corrected chi connectivity index (χ4v) is 3.40. The fraction of sp³-hybridized carbons (Fsp3) is 0.278. The Balaban J connectivity index is 1.52. The minimum Gasteiger partial charge on any atom is -0.347 e. The van der Waals surface area contributed by atoms with Gasteiger partial charge < -0.3 is 9.47 Å². The maximum atomic E-state index is 4.53. The van der Waals surface area contributed by atoms with E-state index in [4.69, 9.17) is 0 Å². The van der Waals surface area contributed by atoms with Gasteiger partial charge in [-0.2, -0.15) is 14.6 Å². The van der Waals surface area contributed by atoms with E-state index >= 15 is 0 Å². The predicted molar refractivity (Wildman–Crippen MR) is 96.7 cm³/mol. The third-order valence-electron chi connectivity index (χ3n) is 4.76. The zero-order valence-electron chi connectivity index (χ0n) is 14.4. The Kier molecular flexibility index (Phi) is 3.41. The summed E-state index contributed by atoms with van der Waals surface area (Å²) in [5, 5.41) is 13.2. The molecule has 0 saturated carbocycles. The molecule has 1 aliphatic rings. The minimum absolute atomic E-state index is 0.636. The highest BCUT2D eigenvalue weighted by atomic mass is 15.4. The first-order chi connectivity index (χ1) is 12.8. The average Bonchev–Trinajstić information content (AvgIpc) is 3.34. The maximum Gasteiger partial charge on any atom is 0.254 e. The molecule has 0 N–H and O–H groups in total. The molecular weight excluding hydrogens is 328 g/mol. The zero-order chi connectivity index (χ0) is 17.5. The third kappa shape index (κ3) is 2.33. The molecule has 0 fully saturated rings. The summed E-state index contributed by atoms with van der Waals surface area (Å²) in [6.45, 7) is 4.46. The van der Waals surface area contributed by atoms with Gasteiger partial charge in [0, 0.05) is 30.4 Å². The topological polar surface area (TPSA) is 77.0 Å². The van der Waals surface area contributed by atoms with E-state index in [0.29, 0.717) is 12.3 Å². The van der Waals surface area contributed by atoms with E-state index in [0.717, 1.165) is 48.2 Å². The largest absolute Gasteiger partial charge is 0.347 e. The van der Waals surface area contributed by atoms with Crippen molar-refractivity contribution in [2.45, 2.75) is 26.4 Å². The van der Waals surface area contributed by atoms with Crippen molar-refractivity contribution < 1.29 is 0 Å². The van der Waals surface area contributed by atoms with Crippen molar-refractivity contribution in [2.24, 2.45) is 0 Å². The van der Waals surface area contributed by atoms with E-state index in [-0.39, 0.29) is 0 Å². The molecule has 0 spiro atoms. The molecule has 5 rings (SSSR count). The molecule has 1 aliphatic heterocycles. The lowest BCUT2D eigenvalue weighted by atomic mass is 10.2. The molecule has 0 radical (unpaired) electrons. The molecule has 130 valence electrons. The first-order valence-electron chi connectivity index (χ1n) is 8.75. The van der Waals surface area contributed by atoms with E-state index in [9.17, 15) is 0 Å². The summed E-state index contributed by atoms with van der Waals surface area (Å²) in [5.41, 5.74) is 2.10. The van der Waals surface area contributed by atoms with Crippen molar-refractivity contribution in [2.75, 3.05) is 11.4 Å². The van der Waals surface area contributed by atoms with Crippen LogP contribution in [0.3, 0.4) is 0 Å². The van der Waals surface area contributed by atoms with Crippen molar-refractivity contribution in [1.29, 1.82) is 0 Å². The van der Waals surface area contributed by atoms with Crippen LogP contribution in [-0.4, -0.2) is 40.9 Å². The Bertz CT molecular complexity index is 1070. The van der Waals surface area contributed by atoms with Crippen molar-refractivity contribution in [3.8, 4) is 11.4 Å². The van der Waals surface area contributed by atoms with Crippen LogP contribution in [0.15, 0.2) is 42.7 Å². The van der Waals surface area contributed by atoms with Crippen LogP contribution in [0.25, 0.3) is 17.2 Å². The summed E-state index contributed by atoms with van der Waals surface area (Å²) in [4.78, 5) is 11.0. The summed E-state index contributed by atoms with van der Waals surface area (Å²) >= 11 is 0. The smallest absolute Gasteiger partial charge is 0.254 e. The van der Waals surface area contributed by atoms with Gasteiger partial charge in [-0.15, -0.1) is 10.2 Å². The van der Waals surface area contributed by atoms with Crippen LogP contribution >= 0.6 is 0 Å². The van der Waals surface area contributed by atoms with Gasteiger partial charge in [-0.25, -0.2) is 4.98 Å². The van der Waals surface area contributed by atoms with Crippen LogP contribution in [0.5, 0.6) is 0 Å². The first kappa shape index (κ1) is 15.0. The third-order valence-corrected chi connectivity index (χ3v) is 4.76. The van der Waals surface area contributed by atoms with Gasteiger partial charge in [0.2, 0.25) is 0 Å². The standard InChI is InChI=1S/C18H18N8/c1-2-14-10-16(26-18(21-14)19-12-20-26)24-8-9-25-15(11-24)22-23-17(25)13-6-4-3-5-7-13/h3-7,10,12H,2,8-9,11H2,1H3. The molecule has 4 heterocycles. The highest BCUT2D eigenvalue weighted by Gasteiger charge is 2.24. The Hall–Kier alpha value is -3.29. The molecule has 8 heteroatoms. The van der Waals surface area contributed by atoms with Gasteiger partial charge in [0.25, 0.3) is 5.78 Å². The Morgan fingerprint density at radius 1 is 1.08 bits per heavy atom. The number of hydrogen-bond acceptors (Lipinski definition) is 6. The number of benzene rings is 1. The summed E-state index contributed by atoms with van der Waals surface area (Å²) in [6, 6.07) is 12.3. The summed E-state index contributed by atoms with van der Waals surface area (Å²) in [6.07, 6.45) is 2.41. The van der Waals surface area contributed by atoms with Crippen LogP contribution in [0.1, 0.15) is 18.4 Å². The number of aryl methyl sites for hydroxylation is 1. The molecule has 0 unspecified atom stereocenters. The molecule has 0 aliphatic carbocycles. The zero-order valence-corrected chi connectivity index (χ0v) is 14.4. The van der Waals surface area contributed by atoms with Crippen LogP contribution in [0, 0.1) is 0 Å². The molecule has 1 aromatic carbocycles. The van der Waals surface area contributed by atoms with E-state index in [1.54, 1.807) is 10.8 Å². The molecule has 26 heavy (non-hydrogen) atoms. The molecule has 0 saturated heterocycles. The molecule has 3 aromatic heterocycles. The van der Waals surface area contributed by atoms with Gasteiger partial charge >= 0.3 is 0 Å². The van der Waals surface area contributed by atoms with E-state index in [2.05, 4.69) is 59.9 Å². The monoisotopic (exact) mass is 346 g/mol. The predicted octanol–water partition coefficient (Wildman–Crippen LogP) is 1.97. The van der Waals surface area contributed by atoms with E-state index in [1.807, 2.05) is 18.2 Å². The number of nitrogens with zero attached hydrogens (tertiary/aromatic N) is 8. The Labute approximate surface area is 150 Å². The van der Waals surface area contributed by atoms with Gasteiger partial charge in [-0.1, -0.05) is 37.3 Å². The maximum absolute atomic E-state index is 4.53.